The van der Waals surface area contributed by atoms with E-state index in [9.17, 15) is 4.79 Å². The fourth-order valence-electron chi connectivity index (χ4n) is 2.48. The fourth-order valence-corrected chi connectivity index (χ4v) is 2.66. The minimum Gasteiger partial charge on any atom is -0.325 e. The number of carbonyl (C=O) groups is 1. The molecule has 2 N–H and O–H groups in total. The van der Waals surface area contributed by atoms with Gasteiger partial charge in [-0.2, -0.15) is 0 Å². The predicted molar refractivity (Wildman–Crippen MR) is 83.2 cm³/mol. The highest BCUT2D eigenvalue weighted by Crippen LogP contribution is 2.20. The Labute approximate surface area is 125 Å². The lowest BCUT2D eigenvalue weighted by Crippen LogP contribution is -2.42. The van der Waals surface area contributed by atoms with Gasteiger partial charge in [0.1, 0.15) is 0 Å². The second-order valence-corrected chi connectivity index (χ2v) is 5.59. The van der Waals surface area contributed by atoms with Crippen LogP contribution < -0.4 is 10.6 Å². The lowest BCUT2D eigenvalue weighted by molar-refractivity contribution is -0.116. The van der Waals surface area contributed by atoms with E-state index in [1.807, 2.05) is 25.2 Å². The topological polar surface area (TPSA) is 44.4 Å². The van der Waals surface area contributed by atoms with Gasteiger partial charge in [-0.05, 0) is 45.1 Å². The molecule has 0 aromatic heterocycles. The molecule has 4 nitrogen and oxygen atoms in total. The normalized spacial score (nSPS) is 17.1. The molecule has 0 aliphatic carbocycles. The first-order valence-corrected chi connectivity index (χ1v) is 7.51. The quantitative estimate of drug-likeness (QED) is 0.876. The number of amides is 1. The van der Waals surface area contributed by atoms with Gasteiger partial charge in [0.05, 0.1) is 10.7 Å². The van der Waals surface area contributed by atoms with Crippen LogP contribution in [0, 0.1) is 0 Å². The summed E-state index contributed by atoms with van der Waals surface area (Å²) in [5, 5.41) is 6.75. The Hall–Kier alpha value is -1.10. The van der Waals surface area contributed by atoms with E-state index in [-0.39, 0.29) is 5.91 Å². The molecule has 1 heterocycles. The van der Waals surface area contributed by atoms with Gasteiger partial charge < -0.3 is 15.5 Å². The monoisotopic (exact) mass is 295 g/mol. The van der Waals surface area contributed by atoms with Crippen molar-refractivity contribution in [2.75, 3.05) is 32.0 Å². The lowest BCUT2D eigenvalue weighted by atomic mass is 10.1. The Balaban J connectivity index is 1.72. The number of rotatable bonds is 5. The van der Waals surface area contributed by atoms with Gasteiger partial charge in [-0.25, -0.2) is 0 Å². The second-order valence-electron chi connectivity index (χ2n) is 5.18. The summed E-state index contributed by atoms with van der Waals surface area (Å²) in [6.45, 7) is 2.93. The van der Waals surface area contributed by atoms with Gasteiger partial charge in [0.2, 0.25) is 5.91 Å². The van der Waals surface area contributed by atoms with Crippen molar-refractivity contribution in [2.24, 2.45) is 0 Å². The number of hydrogen-bond acceptors (Lipinski definition) is 3. The van der Waals surface area contributed by atoms with Crippen molar-refractivity contribution >= 4 is 23.2 Å². The van der Waals surface area contributed by atoms with Crippen molar-refractivity contribution in [1.29, 1.82) is 0 Å². The molecule has 5 heteroatoms. The number of likely N-dealkylation sites (tertiary alicyclic amines) is 1. The molecule has 0 spiro atoms. The van der Waals surface area contributed by atoms with Gasteiger partial charge in [-0.1, -0.05) is 23.7 Å². The minimum absolute atomic E-state index is 0.0221. The molecule has 2 rings (SSSR count). The maximum absolute atomic E-state index is 11.9. The average molecular weight is 296 g/mol. The summed E-state index contributed by atoms with van der Waals surface area (Å²) < 4.78 is 0. The number of para-hydroxylation sites is 1. The van der Waals surface area contributed by atoms with Crippen molar-refractivity contribution in [3.8, 4) is 0 Å². The van der Waals surface area contributed by atoms with E-state index in [2.05, 4.69) is 15.5 Å². The zero-order valence-electron chi connectivity index (χ0n) is 11.9. The molecule has 1 aliphatic heterocycles. The van der Waals surface area contributed by atoms with Crippen LogP contribution in [0.5, 0.6) is 0 Å². The summed E-state index contributed by atoms with van der Waals surface area (Å²) in [7, 11) is 2.01. The minimum atomic E-state index is 0.0221. The third-order valence-electron chi connectivity index (χ3n) is 3.80. The summed E-state index contributed by atoms with van der Waals surface area (Å²) >= 11 is 6.02. The average Bonchev–Trinajstić information content (AvgIpc) is 2.48. The Kier molecular flexibility index (Phi) is 5.83. The van der Waals surface area contributed by atoms with Crippen LogP contribution in [-0.2, 0) is 4.79 Å². The number of benzene rings is 1. The zero-order chi connectivity index (χ0) is 14.4. The molecular formula is C15H22ClN3O. The standard InChI is InChI=1S/C15H22ClN3O/c1-17-12-6-9-19(10-7-12)11-8-15(20)18-14-5-3-2-4-13(14)16/h2-5,12,17H,6-11H2,1H3,(H,18,20). The molecule has 20 heavy (non-hydrogen) atoms. The highest BCUT2D eigenvalue weighted by Gasteiger charge is 2.18. The molecule has 1 aliphatic rings. The molecule has 110 valence electrons. The summed E-state index contributed by atoms with van der Waals surface area (Å²) in [5.41, 5.74) is 0.688. The van der Waals surface area contributed by atoms with Gasteiger partial charge >= 0.3 is 0 Å². The Bertz CT molecular complexity index is 444. The molecule has 1 aromatic rings. The number of nitrogens with zero attached hydrogens (tertiary/aromatic N) is 1. The SMILES string of the molecule is CNC1CCN(CCC(=O)Nc2ccccc2Cl)CC1. The lowest BCUT2D eigenvalue weighted by Gasteiger charge is -2.31. The molecule has 0 atom stereocenters. The van der Waals surface area contributed by atoms with Gasteiger partial charge in [-0.3, -0.25) is 4.79 Å². The third kappa shape index (κ3) is 4.47. The van der Waals surface area contributed by atoms with Crippen LogP contribution in [0.25, 0.3) is 0 Å². The fraction of sp³-hybridized carbons (Fsp3) is 0.533. The smallest absolute Gasteiger partial charge is 0.225 e. The van der Waals surface area contributed by atoms with E-state index in [1.54, 1.807) is 6.07 Å². The van der Waals surface area contributed by atoms with E-state index in [4.69, 9.17) is 11.6 Å². The number of nitrogens with one attached hydrogen (secondary N) is 2. The second kappa shape index (κ2) is 7.62. The van der Waals surface area contributed by atoms with E-state index < -0.39 is 0 Å². The zero-order valence-corrected chi connectivity index (χ0v) is 12.6. The molecule has 0 radical (unpaired) electrons. The summed E-state index contributed by atoms with van der Waals surface area (Å²) in [5.74, 6) is 0.0221. The van der Waals surface area contributed by atoms with Crippen molar-refractivity contribution in [1.82, 2.24) is 10.2 Å². The third-order valence-corrected chi connectivity index (χ3v) is 4.13. The molecule has 1 amide bonds. The number of carbonyl (C=O) groups excluding carboxylic acids is 1. The maximum atomic E-state index is 11.9. The van der Waals surface area contributed by atoms with E-state index in [1.165, 1.54) is 0 Å². The van der Waals surface area contributed by atoms with Crippen LogP contribution in [0.15, 0.2) is 24.3 Å². The molecule has 1 fully saturated rings. The van der Waals surface area contributed by atoms with Crippen LogP contribution in [0.1, 0.15) is 19.3 Å². The summed E-state index contributed by atoms with van der Waals surface area (Å²) in [6.07, 6.45) is 2.82. The molecule has 1 saturated heterocycles. The Morgan fingerprint density at radius 2 is 2.05 bits per heavy atom. The molecule has 1 aromatic carbocycles. The first-order chi connectivity index (χ1) is 9.69. The first kappa shape index (κ1) is 15.3. The van der Waals surface area contributed by atoms with Crippen molar-refractivity contribution in [2.45, 2.75) is 25.3 Å². The van der Waals surface area contributed by atoms with Crippen molar-refractivity contribution < 1.29 is 4.79 Å². The van der Waals surface area contributed by atoms with Crippen LogP contribution in [0.3, 0.4) is 0 Å². The van der Waals surface area contributed by atoms with E-state index >= 15 is 0 Å². The van der Waals surface area contributed by atoms with Gasteiger partial charge in [0.25, 0.3) is 0 Å². The van der Waals surface area contributed by atoms with Crippen LogP contribution in [0.2, 0.25) is 5.02 Å². The van der Waals surface area contributed by atoms with Gasteiger partial charge in [0, 0.05) is 19.0 Å². The number of halogens is 1. The number of hydrogen-bond donors (Lipinski definition) is 2. The van der Waals surface area contributed by atoms with Gasteiger partial charge in [0.15, 0.2) is 0 Å². The molecule has 0 bridgehead atoms. The summed E-state index contributed by atoms with van der Waals surface area (Å²) in [6, 6.07) is 7.94. The van der Waals surface area contributed by atoms with Crippen molar-refractivity contribution in [3.63, 3.8) is 0 Å². The van der Waals surface area contributed by atoms with Crippen LogP contribution >= 0.6 is 11.6 Å². The largest absolute Gasteiger partial charge is 0.325 e. The molecule has 0 saturated carbocycles. The van der Waals surface area contributed by atoms with Gasteiger partial charge in [-0.15, -0.1) is 0 Å². The predicted octanol–water partition coefficient (Wildman–Crippen LogP) is 2.35. The van der Waals surface area contributed by atoms with E-state index in [0.717, 1.165) is 32.5 Å². The number of piperidine rings is 1. The Morgan fingerprint density at radius 3 is 2.70 bits per heavy atom. The van der Waals surface area contributed by atoms with Crippen molar-refractivity contribution in [3.05, 3.63) is 29.3 Å². The van der Waals surface area contributed by atoms with E-state index in [0.29, 0.717) is 23.2 Å². The first-order valence-electron chi connectivity index (χ1n) is 7.13. The van der Waals surface area contributed by atoms with Crippen LogP contribution in [0.4, 0.5) is 5.69 Å². The summed E-state index contributed by atoms with van der Waals surface area (Å²) in [4.78, 5) is 14.3. The highest BCUT2D eigenvalue weighted by molar-refractivity contribution is 6.33. The highest BCUT2D eigenvalue weighted by atomic mass is 35.5. The molecular weight excluding hydrogens is 274 g/mol. The Morgan fingerprint density at radius 1 is 1.35 bits per heavy atom. The molecule has 0 unspecified atom stereocenters. The maximum Gasteiger partial charge on any atom is 0.225 e. The van der Waals surface area contributed by atoms with Crippen LogP contribution in [-0.4, -0.2) is 43.5 Å². The number of anilines is 1.